The van der Waals surface area contributed by atoms with E-state index in [-0.39, 0.29) is 6.03 Å². The van der Waals surface area contributed by atoms with E-state index in [0.29, 0.717) is 37.6 Å². The van der Waals surface area contributed by atoms with E-state index in [1.165, 1.54) is 12.1 Å². The number of nitrogens with one attached hydrogen (secondary N) is 1. The first kappa shape index (κ1) is 19.5. The van der Waals surface area contributed by atoms with Crippen LogP contribution >= 0.6 is 0 Å². The number of carbonyl (C=O) groups is 1. The minimum absolute atomic E-state index is 0.273. The molecule has 6 nitrogen and oxygen atoms in total. The van der Waals surface area contributed by atoms with Gasteiger partial charge >= 0.3 is 12.2 Å². The zero-order valence-electron chi connectivity index (χ0n) is 15.1. The summed E-state index contributed by atoms with van der Waals surface area (Å²) >= 11 is 0. The summed E-state index contributed by atoms with van der Waals surface area (Å²) in [6.07, 6.45) is -3.01. The second-order valence-electron chi connectivity index (χ2n) is 6.40. The summed E-state index contributed by atoms with van der Waals surface area (Å²) < 4.78 is 39.5. The summed E-state index contributed by atoms with van der Waals surface area (Å²) in [5.74, 6) is 0. The second-order valence-corrected chi connectivity index (χ2v) is 6.40. The maximum Gasteiger partial charge on any atom is 0.407 e. The van der Waals surface area contributed by atoms with Crippen molar-refractivity contribution >= 4 is 23.1 Å². The van der Waals surface area contributed by atoms with Crippen molar-refractivity contribution in [3.63, 3.8) is 0 Å². The number of hydrogen-bond donors (Lipinski definition) is 1. The largest absolute Gasteiger partial charge is 0.407 e. The van der Waals surface area contributed by atoms with Crippen LogP contribution in [-0.4, -0.2) is 42.1 Å². The fraction of sp³-hybridized carbons (Fsp3) is 0.316. The van der Waals surface area contributed by atoms with E-state index < -0.39 is 17.4 Å². The second kappa shape index (κ2) is 7.76. The predicted octanol–water partition coefficient (Wildman–Crippen LogP) is 4.31. The van der Waals surface area contributed by atoms with Gasteiger partial charge < -0.3 is 15.1 Å². The molecule has 0 radical (unpaired) electrons. The lowest BCUT2D eigenvalue weighted by Gasteiger charge is -2.36. The quantitative estimate of drug-likeness (QED) is 0.779. The van der Waals surface area contributed by atoms with Gasteiger partial charge in [0.1, 0.15) is 0 Å². The molecule has 1 aliphatic rings. The van der Waals surface area contributed by atoms with Crippen LogP contribution in [0.4, 0.5) is 35.0 Å². The topological polar surface area (TPSA) is 52.8 Å². The van der Waals surface area contributed by atoms with Gasteiger partial charge in [-0.15, -0.1) is 0 Å². The molecule has 0 aliphatic carbocycles. The van der Waals surface area contributed by atoms with Gasteiger partial charge in [0.15, 0.2) is 5.69 Å². The number of benzene rings is 1. The summed E-state index contributed by atoms with van der Waals surface area (Å²) in [5, 5.41) is 2.76. The number of carbonyl (C=O) groups excluding carboxylic acids is 1. The Bertz CT molecular complexity index is 897. The summed E-state index contributed by atoms with van der Waals surface area (Å²) in [5.41, 5.74) is 0.465. The third-order valence-electron chi connectivity index (χ3n) is 4.50. The molecule has 1 aromatic carbocycles. The number of urea groups is 1. The molecule has 0 bridgehead atoms. The highest BCUT2D eigenvalue weighted by atomic mass is 19.4. The molecular formula is C19H18F3N5O. The first-order chi connectivity index (χ1) is 13.3. The normalized spacial score (nSPS) is 14.5. The Labute approximate surface area is 160 Å². The Morgan fingerprint density at radius 3 is 2.46 bits per heavy atom. The van der Waals surface area contributed by atoms with E-state index >= 15 is 0 Å². The van der Waals surface area contributed by atoms with Gasteiger partial charge in [0.2, 0.25) is 0 Å². The Kier molecular flexibility index (Phi) is 5.40. The van der Waals surface area contributed by atoms with Crippen LogP contribution in [0.2, 0.25) is 0 Å². The van der Waals surface area contributed by atoms with Crippen molar-refractivity contribution in [1.82, 2.24) is 9.88 Å². The highest BCUT2D eigenvalue weighted by Gasteiger charge is 2.34. The number of alkyl halides is 3. The van der Waals surface area contributed by atoms with Crippen LogP contribution in [0.3, 0.4) is 0 Å². The van der Waals surface area contributed by atoms with E-state index in [1.807, 2.05) is 6.92 Å². The van der Waals surface area contributed by atoms with E-state index in [4.69, 9.17) is 6.57 Å². The molecule has 28 heavy (non-hydrogen) atoms. The molecule has 1 saturated heterocycles. The molecule has 2 heterocycles. The predicted molar refractivity (Wildman–Crippen MR) is 99.5 cm³/mol. The minimum Gasteiger partial charge on any atom is -0.368 e. The molecule has 1 fully saturated rings. The van der Waals surface area contributed by atoms with Gasteiger partial charge in [-0.25, -0.2) is 9.64 Å². The third kappa shape index (κ3) is 4.34. The minimum atomic E-state index is -4.58. The SMILES string of the molecule is [C-]#[N+]c1ccc(N2CCN(C(=O)Nc3ccc(C)nc3)CC2)cc1C(F)(F)F. The average Bonchev–Trinajstić information content (AvgIpc) is 2.68. The van der Waals surface area contributed by atoms with Gasteiger partial charge in [0.05, 0.1) is 24.0 Å². The number of hydrogen-bond acceptors (Lipinski definition) is 3. The van der Waals surface area contributed by atoms with Gasteiger partial charge in [-0.3, -0.25) is 4.98 Å². The first-order valence-corrected chi connectivity index (χ1v) is 8.60. The van der Waals surface area contributed by atoms with Crippen LogP contribution in [0.5, 0.6) is 0 Å². The maximum atomic E-state index is 13.2. The number of anilines is 2. The fourth-order valence-electron chi connectivity index (χ4n) is 2.96. The molecular weight excluding hydrogens is 371 g/mol. The van der Waals surface area contributed by atoms with Gasteiger partial charge in [-0.1, -0.05) is 6.07 Å². The van der Waals surface area contributed by atoms with Crippen molar-refractivity contribution in [1.29, 1.82) is 0 Å². The van der Waals surface area contributed by atoms with Crippen LogP contribution in [0.15, 0.2) is 36.5 Å². The number of pyridine rings is 1. The smallest absolute Gasteiger partial charge is 0.368 e. The molecule has 9 heteroatoms. The molecule has 0 spiro atoms. The lowest BCUT2D eigenvalue weighted by atomic mass is 10.1. The molecule has 1 aromatic heterocycles. The van der Waals surface area contributed by atoms with Crippen LogP contribution in [0, 0.1) is 13.5 Å². The molecule has 3 rings (SSSR count). The number of halogens is 3. The fourth-order valence-corrected chi connectivity index (χ4v) is 2.96. The summed E-state index contributed by atoms with van der Waals surface area (Å²) in [4.78, 5) is 22.8. The monoisotopic (exact) mass is 389 g/mol. The Morgan fingerprint density at radius 1 is 1.18 bits per heavy atom. The lowest BCUT2D eigenvalue weighted by molar-refractivity contribution is -0.136. The molecule has 0 saturated carbocycles. The zero-order chi connectivity index (χ0) is 20.3. The summed E-state index contributed by atoms with van der Waals surface area (Å²) in [6, 6.07) is 6.98. The molecule has 1 N–H and O–H groups in total. The van der Waals surface area contributed by atoms with Crippen molar-refractivity contribution in [3.05, 3.63) is 59.2 Å². The molecule has 0 atom stereocenters. The third-order valence-corrected chi connectivity index (χ3v) is 4.50. The van der Waals surface area contributed by atoms with Crippen LogP contribution < -0.4 is 10.2 Å². The van der Waals surface area contributed by atoms with E-state index in [0.717, 1.165) is 11.8 Å². The number of aromatic nitrogens is 1. The highest BCUT2D eigenvalue weighted by Crippen LogP contribution is 2.38. The molecule has 2 aromatic rings. The van der Waals surface area contributed by atoms with E-state index in [2.05, 4.69) is 15.1 Å². The average molecular weight is 389 g/mol. The van der Waals surface area contributed by atoms with Gasteiger partial charge in [-0.05, 0) is 31.2 Å². The van der Waals surface area contributed by atoms with Crippen molar-refractivity contribution < 1.29 is 18.0 Å². The number of piperazine rings is 1. The van der Waals surface area contributed by atoms with E-state index in [1.54, 1.807) is 28.1 Å². The van der Waals surface area contributed by atoms with Crippen molar-refractivity contribution in [2.75, 3.05) is 36.4 Å². The maximum absolute atomic E-state index is 13.2. The molecule has 146 valence electrons. The van der Waals surface area contributed by atoms with Crippen molar-refractivity contribution in [2.24, 2.45) is 0 Å². The van der Waals surface area contributed by atoms with Crippen molar-refractivity contribution in [2.45, 2.75) is 13.1 Å². The molecule has 1 aliphatic heterocycles. The standard InChI is InChI=1S/C19H18F3N5O/c1-13-3-4-14(12-24-13)25-18(28)27-9-7-26(8-10-27)15-5-6-17(23-2)16(11-15)19(20,21)22/h3-6,11-12H,7-10H2,1H3,(H,25,28). The summed E-state index contributed by atoms with van der Waals surface area (Å²) in [6.45, 7) is 10.3. The molecule has 0 unspecified atom stereocenters. The summed E-state index contributed by atoms with van der Waals surface area (Å²) in [7, 11) is 0. The first-order valence-electron chi connectivity index (χ1n) is 8.60. The lowest BCUT2D eigenvalue weighted by Crippen LogP contribution is -2.50. The zero-order valence-corrected chi connectivity index (χ0v) is 15.1. The van der Waals surface area contributed by atoms with Gasteiger partial charge in [-0.2, -0.15) is 13.2 Å². The van der Waals surface area contributed by atoms with Crippen LogP contribution in [0.1, 0.15) is 11.3 Å². The number of aryl methyl sites for hydroxylation is 1. The van der Waals surface area contributed by atoms with Crippen LogP contribution in [0.25, 0.3) is 4.85 Å². The van der Waals surface area contributed by atoms with Crippen molar-refractivity contribution in [3.8, 4) is 0 Å². The van der Waals surface area contributed by atoms with E-state index in [9.17, 15) is 18.0 Å². The molecule has 2 amide bonds. The number of amides is 2. The van der Waals surface area contributed by atoms with Gasteiger partial charge in [0, 0.05) is 37.6 Å². The van der Waals surface area contributed by atoms with Gasteiger partial charge in [0.25, 0.3) is 0 Å². The van der Waals surface area contributed by atoms with Crippen LogP contribution in [-0.2, 0) is 6.18 Å². The Balaban J connectivity index is 1.64. The Hall–Kier alpha value is -3.28. The highest BCUT2D eigenvalue weighted by molar-refractivity contribution is 5.89. The number of nitrogens with zero attached hydrogens (tertiary/aromatic N) is 4. The Morgan fingerprint density at radius 2 is 1.89 bits per heavy atom. The number of rotatable bonds is 2.